The highest BCUT2D eigenvalue weighted by atomic mass is 15.4. The van der Waals surface area contributed by atoms with Gasteiger partial charge in [0, 0.05) is 47.2 Å². The third kappa shape index (κ3) is 1.46. The molecule has 0 aromatic heterocycles. The normalized spacial score (nSPS) is 61.0. The van der Waals surface area contributed by atoms with Gasteiger partial charge in [-0.2, -0.15) is 0 Å². The zero-order valence-electron chi connectivity index (χ0n) is 19.0. The van der Waals surface area contributed by atoms with E-state index in [1.54, 1.807) is 5.57 Å². The number of hydrogen-bond donors (Lipinski definition) is 0. The van der Waals surface area contributed by atoms with Crippen molar-refractivity contribution in [3.05, 3.63) is 23.3 Å². The van der Waals surface area contributed by atoms with Crippen LogP contribution in [0.15, 0.2) is 23.3 Å². The fourth-order valence-corrected chi connectivity index (χ4v) is 12.0. The third-order valence-corrected chi connectivity index (χ3v) is 12.9. The van der Waals surface area contributed by atoms with Crippen LogP contribution in [0.1, 0.15) is 90.9 Å². The Hall–Kier alpha value is -1.00. The van der Waals surface area contributed by atoms with Crippen LogP contribution in [-0.4, -0.2) is 23.0 Å². The van der Waals surface area contributed by atoms with E-state index in [4.69, 9.17) is 0 Å². The lowest BCUT2D eigenvalue weighted by Gasteiger charge is -2.68. The first-order valence-electron chi connectivity index (χ1n) is 13.2. The minimum absolute atomic E-state index is 0.385. The Labute approximate surface area is 182 Å². The van der Waals surface area contributed by atoms with E-state index in [0.717, 1.165) is 18.3 Å². The van der Waals surface area contributed by atoms with Crippen LogP contribution in [-0.2, 0) is 0 Å². The Morgan fingerprint density at radius 2 is 1.97 bits per heavy atom. The quantitative estimate of drug-likeness (QED) is 0.264. The molecule has 0 amide bonds. The first-order valence-corrected chi connectivity index (χ1v) is 13.2. The second kappa shape index (κ2) is 4.98. The monoisotopic (exact) mass is 399 g/mol. The van der Waals surface area contributed by atoms with Crippen LogP contribution in [0.4, 0.5) is 0 Å². The first kappa shape index (κ1) is 17.5. The predicted molar refractivity (Wildman–Crippen MR) is 121 cm³/mol. The molecule has 1 nitrogen and oxygen atoms in total. The van der Waals surface area contributed by atoms with E-state index in [2.05, 4.69) is 42.7 Å². The minimum atomic E-state index is 0.385. The van der Waals surface area contributed by atoms with Crippen molar-refractivity contribution in [3.63, 3.8) is 0 Å². The van der Waals surface area contributed by atoms with Gasteiger partial charge in [0.1, 0.15) is 0 Å². The largest absolute Gasteiger partial charge is 0.287 e. The van der Waals surface area contributed by atoms with E-state index >= 15 is 0 Å². The summed E-state index contributed by atoms with van der Waals surface area (Å²) in [6, 6.07) is 0.698. The molecule has 3 spiro atoms. The molecule has 0 aromatic rings. The van der Waals surface area contributed by atoms with Crippen molar-refractivity contribution < 1.29 is 0 Å². The molecular weight excluding hydrogens is 362 g/mol. The third-order valence-electron chi connectivity index (χ3n) is 12.9. The number of hydrogen-bond acceptors (Lipinski definition) is 1. The van der Waals surface area contributed by atoms with Gasteiger partial charge in [-0.15, -0.1) is 11.8 Å². The van der Waals surface area contributed by atoms with Crippen molar-refractivity contribution in [1.82, 2.24) is 4.90 Å². The zero-order valence-corrected chi connectivity index (χ0v) is 19.0. The van der Waals surface area contributed by atoms with Crippen LogP contribution in [0.5, 0.6) is 0 Å². The second-order valence-electron chi connectivity index (χ2n) is 12.9. The van der Waals surface area contributed by atoms with Crippen LogP contribution in [0.2, 0.25) is 0 Å². The number of nitrogens with zero attached hydrogens (tertiary/aromatic N) is 1. The van der Waals surface area contributed by atoms with Crippen LogP contribution < -0.4 is 0 Å². The minimum Gasteiger partial charge on any atom is -0.287 e. The van der Waals surface area contributed by atoms with E-state index in [1.165, 1.54) is 77.2 Å². The maximum Gasteiger partial charge on any atom is 0.0443 e. The van der Waals surface area contributed by atoms with Gasteiger partial charge in [-0.05, 0) is 75.5 Å². The van der Waals surface area contributed by atoms with Crippen molar-refractivity contribution in [3.8, 4) is 11.8 Å². The van der Waals surface area contributed by atoms with Gasteiger partial charge < -0.3 is 0 Å². The predicted octanol–water partition coefficient (Wildman–Crippen LogP) is 6.26. The fourth-order valence-electron chi connectivity index (χ4n) is 12.0. The molecule has 158 valence electrons. The van der Waals surface area contributed by atoms with Crippen molar-refractivity contribution in [2.45, 2.75) is 102 Å². The SMILES string of the molecule is CC1=C2C[C@]34[C@H]5CCC[C@]3(CC#CC[C@]36C=C[C@H]4N4C[C@]43CCC6)[C@]2(CC1)[C@H](C)C5. The highest BCUT2D eigenvalue weighted by molar-refractivity contribution is 5.48. The smallest absolute Gasteiger partial charge is 0.0443 e. The summed E-state index contributed by atoms with van der Waals surface area (Å²) in [6.07, 6.45) is 22.2. The molecule has 9 atom stereocenters. The van der Waals surface area contributed by atoms with Crippen molar-refractivity contribution >= 4 is 0 Å². The summed E-state index contributed by atoms with van der Waals surface area (Å²) in [5, 5.41) is 0. The Morgan fingerprint density at radius 1 is 1.07 bits per heavy atom. The number of rotatable bonds is 0. The van der Waals surface area contributed by atoms with Crippen molar-refractivity contribution in [1.29, 1.82) is 0 Å². The molecule has 3 heterocycles. The highest BCUT2D eigenvalue weighted by Crippen LogP contribution is 2.85. The van der Waals surface area contributed by atoms with Gasteiger partial charge in [-0.25, -0.2) is 0 Å². The molecule has 4 saturated carbocycles. The summed E-state index contributed by atoms with van der Waals surface area (Å²) in [4.78, 5) is 3.07. The zero-order chi connectivity index (χ0) is 20.0. The summed E-state index contributed by atoms with van der Waals surface area (Å²) >= 11 is 0. The number of fused-ring (bicyclic) bond motifs is 2. The van der Waals surface area contributed by atoms with Gasteiger partial charge >= 0.3 is 0 Å². The average Bonchev–Trinajstić information content (AvgIpc) is 3.14. The Bertz CT molecular complexity index is 992. The fraction of sp³-hybridized carbons (Fsp3) is 0.793. The van der Waals surface area contributed by atoms with Crippen LogP contribution in [0, 0.1) is 45.3 Å². The lowest BCUT2D eigenvalue weighted by molar-refractivity contribution is -0.182. The molecule has 0 radical (unpaired) electrons. The van der Waals surface area contributed by atoms with Crippen LogP contribution in [0.25, 0.3) is 0 Å². The molecule has 5 fully saturated rings. The molecule has 6 bridgehead atoms. The molecular formula is C29H37N. The lowest BCUT2D eigenvalue weighted by atomic mass is 9.37. The summed E-state index contributed by atoms with van der Waals surface area (Å²) in [6.45, 7) is 6.53. The molecule has 3 aliphatic heterocycles. The maximum absolute atomic E-state index is 3.94. The van der Waals surface area contributed by atoms with E-state index in [1.807, 2.05) is 5.57 Å². The first-order chi connectivity index (χ1) is 14.6. The van der Waals surface area contributed by atoms with Gasteiger partial charge in [-0.3, -0.25) is 4.90 Å². The van der Waals surface area contributed by atoms with E-state index in [9.17, 15) is 0 Å². The van der Waals surface area contributed by atoms with Crippen LogP contribution >= 0.6 is 0 Å². The topological polar surface area (TPSA) is 3.01 Å². The molecule has 1 saturated heterocycles. The molecule has 6 aliphatic carbocycles. The van der Waals surface area contributed by atoms with Gasteiger partial charge in [0.2, 0.25) is 0 Å². The molecule has 30 heavy (non-hydrogen) atoms. The van der Waals surface area contributed by atoms with Gasteiger partial charge in [0.25, 0.3) is 0 Å². The van der Waals surface area contributed by atoms with Crippen molar-refractivity contribution in [2.24, 2.45) is 33.5 Å². The van der Waals surface area contributed by atoms with Crippen molar-refractivity contribution in [2.75, 3.05) is 6.54 Å². The Morgan fingerprint density at radius 3 is 2.90 bits per heavy atom. The average molecular weight is 400 g/mol. The standard InChI is InChI=1S/C29H37N/c1-20-8-16-28-21(2)17-22-7-5-13-26(28)12-4-3-10-25-11-6-14-27(25)19-30(27)24(9-15-25)29(22,26)18-23(20)28/h9,15,21-22,24H,5-8,10-14,16-19H2,1-2H3/t21-,22+,24-,25+,26-,27+,28-,29-,30?/m1/s1. The van der Waals surface area contributed by atoms with Crippen LogP contribution in [0.3, 0.4) is 0 Å². The van der Waals surface area contributed by atoms with Gasteiger partial charge in [-0.1, -0.05) is 43.1 Å². The van der Waals surface area contributed by atoms with E-state index < -0.39 is 0 Å². The molecule has 0 aromatic carbocycles. The van der Waals surface area contributed by atoms with E-state index in [0.29, 0.717) is 33.2 Å². The Kier molecular flexibility index (Phi) is 2.91. The highest BCUT2D eigenvalue weighted by Gasteiger charge is 2.81. The molecule has 9 rings (SSSR count). The summed E-state index contributed by atoms with van der Waals surface area (Å²) < 4.78 is 0. The summed E-state index contributed by atoms with van der Waals surface area (Å²) in [5.41, 5.74) is 5.99. The molecule has 1 unspecified atom stereocenters. The summed E-state index contributed by atoms with van der Waals surface area (Å²) in [5.74, 6) is 9.57. The van der Waals surface area contributed by atoms with E-state index in [-0.39, 0.29) is 0 Å². The summed E-state index contributed by atoms with van der Waals surface area (Å²) in [7, 11) is 0. The second-order valence-corrected chi connectivity index (χ2v) is 12.9. The maximum atomic E-state index is 3.94. The lowest BCUT2D eigenvalue weighted by Crippen LogP contribution is -2.65. The van der Waals surface area contributed by atoms with Gasteiger partial charge in [0.15, 0.2) is 0 Å². The number of allylic oxidation sites excluding steroid dienone is 2. The molecule has 9 aliphatic rings. The molecule has 0 N–H and O–H groups in total. The molecule has 1 heteroatoms. The Balaban J connectivity index is 1.44. The van der Waals surface area contributed by atoms with Gasteiger partial charge in [0.05, 0.1) is 0 Å².